The topological polar surface area (TPSA) is 82.1 Å². The first-order valence-corrected chi connectivity index (χ1v) is 6.75. The Bertz CT molecular complexity index is 349. The second-order valence-electron chi connectivity index (χ2n) is 5.54. The molecule has 0 aromatic carbocycles. The van der Waals surface area contributed by atoms with Crippen molar-refractivity contribution < 1.29 is 19.4 Å². The number of amides is 1. The monoisotopic (exact) mass is 287 g/mol. The minimum atomic E-state index is -0.701. The Morgan fingerprint density at radius 3 is 2.65 bits per heavy atom. The van der Waals surface area contributed by atoms with Crippen LogP contribution < -0.4 is 5.32 Å². The van der Waals surface area contributed by atoms with Gasteiger partial charge in [-0.05, 0) is 20.5 Å². The largest absolute Gasteiger partial charge is 0.467 e. The Balaban J connectivity index is 2.69. The van der Waals surface area contributed by atoms with Crippen LogP contribution in [0.1, 0.15) is 13.3 Å². The zero-order valence-corrected chi connectivity index (χ0v) is 12.6. The summed E-state index contributed by atoms with van der Waals surface area (Å²) in [4.78, 5) is 27.0. The summed E-state index contributed by atoms with van der Waals surface area (Å²) in [5.41, 5.74) is 0. The number of aliphatic hydroxyl groups is 1. The summed E-state index contributed by atoms with van der Waals surface area (Å²) in [5, 5.41) is 12.4. The highest BCUT2D eigenvalue weighted by molar-refractivity contribution is 5.83. The van der Waals surface area contributed by atoms with Crippen LogP contribution >= 0.6 is 0 Å². The van der Waals surface area contributed by atoms with E-state index < -0.39 is 18.1 Å². The van der Waals surface area contributed by atoms with Crippen LogP contribution in [0.15, 0.2) is 0 Å². The summed E-state index contributed by atoms with van der Waals surface area (Å²) in [5.74, 6) is -0.741. The van der Waals surface area contributed by atoms with Gasteiger partial charge >= 0.3 is 5.97 Å². The van der Waals surface area contributed by atoms with Gasteiger partial charge in [-0.3, -0.25) is 9.69 Å². The van der Waals surface area contributed by atoms with Crippen molar-refractivity contribution >= 4 is 11.9 Å². The maximum Gasteiger partial charge on any atom is 0.329 e. The van der Waals surface area contributed by atoms with Crippen LogP contribution in [-0.4, -0.2) is 85.8 Å². The van der Waals surface area contributed by atoms with Crippen molar-refractivity contribution in [2.75, 3.05) is 40.8 Å². The van der Waals surface area contributed by atoms with Crippen LogP contribution in [0.2, 0.25) is 0 Å². The standard InChI is InChI=1S/C13H25N3O4/c1-9(17)14-12(13(19)20-4)8-16-7-11(18)5-10(16)6-15(2)3/h10-12,18H,5-8H2,1-4H3,(H,14,17). The average molecular weight is 287 g/mol. The molecule has 1 rings (SSSR count). The maximum absolute atomic E-state index is 11.7. The first kappa shape index (κ1) is 16.9. The fraction of sp³-hybridized carbons (Fsp3) is 0.846. The molecule has 0 saturated carbocycles. The normalized spacial score (nSPS) is 24.7. The molecule has 1 saturated heterocycles. The Kier molecular flexibility index (Phi) is 6.38. The highest BCUT2D eigenvalue weighted by Gasteiger charge is 2.34. The molecule has 20 heavy (non-hydrogen) atoms. The summed E-state index contributed by atoms with van der Waals surface area (Å²) in [7, 11) is 5.23. The van der Waals surface area contributed by atoms with Gasteiger partial charge in [0.2, 0.25) is 5.91 Å². The number of likely N-dealkylation sites (tertiary alicyclic amines) is 1. The third kappa shape index (κ3) is 5.07. The minimum Gasteiger partial charge on any atom is -0.467 e. The third-order valence-electron chi connectivity index (χ3n) is 3.36. The number of carbonyl (C=O) groups excluding carboxylic acids is 2. The molecule has 1 aliphatic rings. The number of hydrogen-bond acceptors (Lipinski definition) is 6. The van der Waals surface area contributed by atoms with Crippen LogP contribution in [0.4, 0.5) is 0 Å². The van der Waals surface area contributed by atoms with Gasteiger partial charge in [0.1, 0.15) is 6.04 Å². The van der Waals surface area contributed by atoms with Crippen LogP contribution in [0.3, 0.4) is 0 Å². The fourth-order valence-corrected chi connectivity index (χ4v) is 2.59. The van der Waals surface area contributed by atoms with Crippen molar-refractivity contribution in [3.05, 3.63) is 0 Å². The summed E-state index contributed by atoms with van der Waals surface area (Å²) in [6, 6.07) is -0.534. The van der Waals surface area contributed by atoms with Crippen molar-refractivity contribution in [2.45, 2.75) is 31.5 Å². The van der Waals surface area contributed by atoms with Gasteiger partial charge in [-0.2, -0.15) is 0 Å². The first-order chi connectivity index (χ1) is 9.33. The van der Waals surface area contributed by atoms with E-state index in [4.69, 9.17) is 4.74 Å². The zero-order valence-electron chi connectivity index (χ0n) is 12.6. The van der Waals surface area contributed by atoms with E-state index in [1.54, 1.807) is 0 Å². The molecule has 7 nitrogen and oxygen atoms in total. The average Bonchev–Trinajstić information content (AvgIpc) is 2.66. The quantitative estimate of drug-likeness (QED) is 0.589. The SMILES string of the molecule is COC(=O)C(CN1CC(O)CC1CN(C)C)NC(C)=O. The highest BCUT2D eigenvalue weighted by Crippen LogP contribution is 2.18. The van der Waals surface area contributed by atoms with Gasteiger partial charge < -0.3 is 20.1 Å². The molecule has 0 aliphatic carbocycles. The van der Waals surface area contributed by atoms with Crippen molar-refractivity contribution in [1.82, 2.24) is 15.1 Å². The smallest absolute Gasteiger partial charge is 0.329 e. The lowest BCUT2D eigenvalue weighted by Gasteiger charge is -2.29. The van der Waals surface area contributed by atoms with Crippen molar-refractivity contribution in [2.24, 2.45) is 0 Å². The number of methoxy groups -OCH3 is 1. The highest BCUT2D eigenvalue weighted by atomic mass is 16.5. The molecule has 1 heterocycles. The number of nitrogens with one attached hydrogen (secondary N) is 1. The molecule has 2 N–H and O–H groups in total. The van der Waals surface area contributed by atoms with Gasteiger partial charge in [-0.15, -0.1) is 0 Å². The second-order valence-corrected chi connectivity index (χ2v) is 5.54. The number of aliphatic hydroxyl groups excluding tert-OH is 1. The minimum absolute atomic E-state index is 0.168. The van der Waals surface area contributed by atoms with Crippen LogP contribution in [0.25, 0.3) is 0 Å². The molecule has 1 fully saturated rings. The number of ether oxygens (including phenoxy) is 1. The Morgan fingerprint density at radius 2 is 2.15 bits per heavy atom. The molecule has 0 radical (unpaired) electrons. The van der Waals surface area contributed by atoms with Crippen molar-refractivity contribution in [1.29, 1.82) is 0 Å². The fourth-order valence-electron chi connectivity index (χ4n) is 2.59. The summed E-state index contributed by atoms with van der Waals surface area (Å²) >= 11 is 0. The van der Waals surface area contributed by atoms with E-state index in [0.717, 1.165) is 6.54 Å². The molecule has 1 aliphatic heterocycles. The Morgan fingerprint density at radius 1 is 1.50 bits per heavy atom. The molecule has 0 aromatic heterocycles. The lowest BCUT2D eigenvalue weighted by molar-refractivity contribution is -0.145. The molecular weight excluding hydrogens is 262 g/mol. The van der Waals surface area contributed by atoms with E-state index in [2.05, 4.69) is 5.32 Å². The number of β-amino-alcohol motifs (C(OH)–C–C–N with tert-alkyl or cyclic N) is 1. The van der Waals surface area contributed by atoms with Crippen molar-refractivity contribution in [3.63, 3.8) is 0 Å². The van der Waals surface area contributed by atoms with Crippen LogP contribution in [0.5, 0.6) is 0 Å². The van der Waals surface area contributed by atoms with E-state index in [1.165, 1.54) is 14.0 Å². The lowest BCUT2D eigenvalue weighted by atomic mass is 10.2. The van der Waals surface area contributed by atoms with Gasteiger partial charge in [0, 0.05) is 32.6 Å². The predicted molar refractivity (Wildman–Crippen MR) is 74.2 cm³/mol. The van der Waals surface area contributed by atoms with Gasteiger partial charge in [-0.1, -0.05) is 0 Å². The van der Waals surface area contributed by atoms with E-state index in [-0.39, 0.29) is 11.9 Å². The van der Waals surface area contributed by atoms with Crippen LogP contribution in [-0.2, 0) is 14.3 Å². The zero-order chi connectivity index (χ0) is 15.3. The van der Waals surface area contributed by atoms with Crippen LogP contribution in [0, 0.1) is 0 Å². The summed E-state index contributed by atoms with van der Waals surface area (Å²) in [6.45, 7) is 3.02. The number of esters is 1. The Hall–Kier alpha value is -1.18. The molecule has 116 valence electrons. The molecule has 0 bridgehead atoms. The van der Waals surface area contributed by atoms with Gasteiger partial charge in [-0.25, -0.2) is 4.79 Å². The van der Waals surface area contributed by atoms with E-state index in [1.807, 2.05) is 23.9 Å². The first-order valence-electron chi connectivity index (χ1n) is 6.75. The number of nitrogens with zero attached hydrogens (tertiary/aromatic N) is 2. The maximum atomic E-state index is 11.7. The summed E-state index contributed by atoms with van der Waals surface area (Å²) in [6.07, 6.45) is 0.280. The molecule has 0 aromatic rings. The Labute approximate surface area is 119 Å². The predicted octanol–water partition coefficient (Wildman–Crippen LogP) is -1.34. The number of carbonyl (C=O) groups is 2. The molecule has 0 spiro atoms. The van der Waals surface area contributed by atoms with Crippen molar-refractivity contribution in [3.8, 4) is 0 Å². The number of hydrogen-bond donors (Lipinski definition) is 2. The molecule has 3 atom stereocenters. The van der Waals surface area contributed by atoms with E-state index >= 15 is 0 Å². The van der Waals surface area contributed by atoms with E-state index in [9.17, 15) is 14.7 Å². The molecule has 1 amide bonds. The molecular formula is C13H25N3O4. The van der Waals surface area contributed by atoms with E-state index in [0.29, 0.717) is 19.5 Å². The van der Waals surface area contributed by atoms with Gasteiger partial charge in [0.15, 0.2) is 0 Å². The number of likely N-dealkylation sites (N-methyl/N-ethyl adjacent to an activating group) is 1. The third-order valence-corrected chi connectivity index (χ3v) is 3.36. The van der Waals surface area contributed by atoms with Gasteiger partial charge in [0.25, 0.3) is 0 Å². The molecule has 7 heteroatoms. The molecule has 3 unspecified atom stereocenters. The second kappa shape index (κ2) is 7.56. The van der Waals surface area contributed by atoms with Gasteiger partial charge in [0.05, 0.1) is 13.2 Å². The number of rotatable bonds is 6. The summed E-state index contributed by atoms with van der Waals surface area (Å²) < 4.78 is 4.71. The lowest BCUT2D eigenvalue weighted by Crippen LogP contribution is -2.51.